The molecule has 1 saturated carbocycles. The van der Waals surface area contributed by atoms with Gasteiger partial charge in [0.25, 0.3) is 0 Å². The zero-order chi connectivity index (χ0) is 19.0. The summed E-state index contributed by atoms with van der Waals surface area (Å²) in [6.07, 6.45) is 1.92. The monoisotopic (exact) mass is 398 g/mol. The molecule has 140 valence electrons. The minimum Gasteiger partial charge on any atom is -0.393 e. The molecular weight excluding hydrogens is 376 g/mol. The van der Waals surface area contributed by atoms with Crippen molar-refractivity contribution in [2.24, 2.45) is 23.7 Å². The lowest BCUT2D eigenvalue weighted by Crippen LogP contribution is -2.42. The first-order chi connectivity index (χ1) is 12.9. The van der Waals surface area contributed by atoms with Gasteiger partial charge in [-0.05, 0) is 86.8 Å². The van der Waals surface area contributed by atoms with Gasteiger partial charge in [0.2, 0.25) is 0 Å². The Morgan fingerprint density at radius 1 is 0.778 bits per heavy atom. The van der Waals surface area contributed by atoms with E-state index in [-0.39, 0.29) is 35.6 Å². The Kier molecular flexibility index (Phi) is 3.79. The Morgan fingerprint density at radius 2 is 1.19 bits per heavy atom. The molecule has 2 bridgehead atoms. The number of aryl methyl sites for hydroxylation is 4. The molecule has 0 radical (unpaired) electrons. The second-order valence-corrected chi connectivity index (χ2v) is 11.0. The summed E-state index contributed by atoms with van der Waals surface area (Å²) in [6.45, 7) is 8.61. The van der Waals surface area contributed by atoms with Gasteiger partial charge in [0.05, 0.1) is 11.8 Å². The minimum atomic E-state index is -0.306. The van der Waals surface area contributed by atoms with E-state index in [2.05, 4.69) is 39.8 Å². The SMILES string of the molecule is Cc1cc(C2=C(c3cc(C)sc3C)C3CCC2C2C(=O)OC(=O)C32)c(C)s1. The molecule has 5 heteroatoms. The molecule has 27 heavy (non-hydrogen) atoms. The molecule has 3 heterocycles. The van der Waals surface area contributed by atoms with Crippen LogP contribution >= 0.6 is 22.7 Å². The van der Waals surface area contributed by atoms with E-state index in [4.69, 9.17) is 4.74 Å². The molecule has 4 atom stereocenters. The van der Waals surface area contributed by atoms with E-state index in [1.54, 1.807) is 0 Å². The highest BCUT2D eigenvalue weighted by Gasteiger charge is 2.60. The molecule has 0 N–H and O–H groups in total. The smallest absolute Gasteiger partial charge is 0.318 e. The van der Waals surface area contributed by atoms with Crippen molar-refractivity contribution < 1.29 is 14.3 Å². The van der Waals surface area contributed by atoms with Gasteiger partial charge >= 0.3 is 11.9 Å². The summed E-state index contributed by atoms with van der Waals surface area (Å²) in [6, 6.07) is 4.53. The van der Waals surface area contributed by atoms with Gasteiger partial charge in [0.1, 0.15) is 0 Å². The van der Waals surface area contributed by atoms with Gasteiger partial charge in [0.15, 0.2) is 0 Å². The molecule has 0 aromatic carbocycles. The van der Waals surface area contributed by atoms with Crippen LogP contribution in [0.3, 0.4) is 0 Å². The molecule has 0 amide bonds. The fourth-order valence-corrected chi connectivity index (χ4v) is 7.49. The minimum absolute atomic E-state index is 0.0845. The fourth-order valence-electron chi connectivity index (χ4n) is 5.61. The summed E-state index contributed by atoms with van der Waals surface area (Å²) in [7, 11) is 0. The number of thiophene rings is 2. The summed E-state index contributed by atoms with van der Waals surface area (Å²) in [4.78, 5) is 30.2. The molecule has 2 aromatic rings. The molecule has 0 spiro atoms. The molecule has 4 aliphatic rings. The number of esters is 2. The van der Waals surface area contributed by atoms with E-state index in [0.717, 1.165) is 12.8 Å². The van der Waals surface area contributed by atoms with E-state index < -0.39 is 0 Å². The number of carbonyl (C=O) groups is 2. The lowest BCUT2D eigenvalue weighted by molar-refractivity contribution is -0.154. The number of rotatable bonds is 2. The van der Waals surface area contributed by atoms with E-state index in [1.165, 1.54) is 41.8 Å². The third-order valence-corrected chi connectivity index (χ3v) is 8.41. The topological polar surface area (TPSA) is 43.4 Å². The van der Waals surface area contributed by atoms with Crippen molar-refractivity contribution in [3.8, 4) is 0 Å². The van der Waals surface area contributed by atoms with Crippen LogP contribution in [0, 0.1) is 51.4 Å². The van der Waals surface area contributed by atoms with E-state index in [0.29, 0.717) is 0 Å². The first kappa shape index (κ1) is 17.4. The van der Waals surface area contributed by atoms with Crippen molar-refractivity contribution in [1.82, 2.24) is 0 Å². The largest absolute Gasteiger partial charge is 0.393 e. The molecule has 2 aromatic heterocycles. The Balaban J connectivity index is 1.82. The van der Waals surface area contributed by atoms with Gasteiger partial charge in [-0.15, -0.1) is 22.7 Å². The molecule has 2 fully saturated rings. The van der Waals surface area contributed by atoms with Crippen LogP contribution in [0.5, 0.6) is 0 Å². The van der Waals surface area contributed by atoms with Crippen LogP contribution in [0.4, 0.5) is 0 Å². The van der Waals surface area contributed by atoms with Crippen molar-refractivity contribution in [2.45, 2.75) is 40.5 Å². The summed E-state index contributed by atoms with van der Waals surface area (Å²) >= 11 is 3.62. The molecule has 4 unspecified atom stereocenters. The van der Waals surface area contributed by atoms with Crippen LogP contribution in [0.15, 0.2) is 12.1 Å². The molecule has 3 nitrogen and oxygen atoms in total. The summed E-state index contributed by atoms with van der Waals surface area (Å²) in [5, 5.41) is 0. The van der Waals surface area contributed by atoms with Crippen LogP contribution in [0.1, 0.15) is 43.5 Å². The summed E-state index contributed by atoms with van der Waals surface area (Å²) < 4.78 is 5.13. The Morgan fingerprint density at radius 3 is 1.52 bits per heavy atom. The average molecular weight is 399 g/mol. The van der Waals surface area contributed by atoms with Gasteiger partial charge in [-0.25, -0.2) is 0 Å². The highest BCUT2D eigenvalue weighted by molar-refractivity contribution is 7.12. The number of carbonyl (C=O) groups excluding carboxylic acids is 2. The number of ether oxygens (including phenoxy) is 1. The van der Waals surface area contributed by atoms with Crippen LogP contribution < -0.4 is 0 Å². The highest BCUT2D eigenvalue weighted by Crippen LogP contribution is 2.61. The normalized spacial score (nSPS) is 29.5. The molecule has 3 aliphatic carbocycles. The van der Waals surface area contributed by atoms with Crippen LogP contribution in [-0.4, -0.2) is 11.9 Å². The number of hydrogen-bond acceptors (Lipinski definition) is 5. The fraction of sp³-hybridized carbons (Fsp3) is 0.455. The van der Waals surface area contributed by atoms with Gasteiger partial charge in [0, 0.05) is 19.5 Å². The highest BCUT2D eigenvalue weighted by atomic mass is 32.1. The van der Waals surface area contributed by atoms with Gasteiger partial charge in [-0.2, -0.15) is 0 Å². The lowest BCUT2D eigenvalue weighted by Gasteiger charge is -2.45. The molecule has 1 aliphatic heterocycles. The summed E-state index contributed by atoms with van der Waals surface area (Å²) in [5.41, 5.74) is 5.16. The number of fused-ring (bicyclic) bond motifs is 1. The van der Waals surface area contributed by atoms with Crippen LogP contribution in [-0.2, 0) is 14.3 Å². The standard InChI is InChI=1S/C22H22O3S2/c1-9-7-15(11(3)26-9)17-13-5-6-14(20-19(13)21(23)25-22(20)24)18(17)16-8-10(2)27-12(16)4/h7-8,13-14,19-20H,5-6H2,1-4H3. The zero-order valence-electron chi connectivity index (χ0n) is 15.9. The van der Waals surface area contributed by atoms with E-state index in [9.17, 15) is 9.59 Å². The third-order valence-electron chi connectivity index (χ3n) is 6.48. The van der Waals surface area contributed by atoms with Crippen LogP contribution in [0.2, 0.25) is 0 Å². The second kappa shape index (κ2) is 5.89. The Hall–Kier alpha value is -1.72. The van der Waals surface area contributed by atoms with Crippen LogP contribution in [0.25, 0.3) is 11.1 Å². The Bertz CT molecular complexity index is 942. The van der Waals surface area contributed by atoms with Crippen molar-refractivity contribution in [2.75, 3.05) is 0 Å². The van der Waals surface area contributed by atoms with Gasteiger partial charge in [-0.1, -0.05) is 0 Å². The third kappa shape index (κ3) is 2.37. The van der Waals surface area contributed by atoms with Crippen molar-refractivity contribution in [1.29, 1.82) is 0 Å². The lowest BCUT2D eigenvalue weighted by atomic mass is 9.55. The molecular formula is C22H22O3S2. The van der Waals surface area contributed by atoms with E-state index in [1.807, 2.05) is 22.7 Å². The van der Waals surface area contributed by atoms with Crippen molar-refractivity contribution in [3.63, 3.8) is 0 Å². The number of cyclic esters (lactones) is 2. The van der Waals surface area contributed by atoms with Gasteiger partial charge in [-0.3, -0.25) is 9.59 Å². The first-order valence-corrected chi connectivity index (χ1v) is 11.1. The molecule has 1 saturated heterocycles. The van der Waals surface area contributed by atoms with E-state index >= 15 is 0 Å². The molecule has 6 rings (SSSR count). The quantitative estimate of drug-likeness (QED) is 0.509. The van der Waals surface area contributed by atoms with Gasteiger partial charge < -0.3 is 4.74 Å². The van der Waals surface area contributed by atoms with Crippen molar-refractivity contribution in [3.05, 3.63) is 42.8 Å². The second-order valence-electron chi connectivity index (χ2n) is 8.06. The maximum Gasteiger partial charge on any atom is 0.318 e. The predicted octanol–water partition coefficient (Wildman–Crippen LogP) is 5.31. The number of hydrogen-bond donors (Lipinski definition) is 0. The average Bonchev–Trinajstić information content (AvgIpc) is 3.23. The number of allylic oxidation sites excluding steroid dienone is 2. The maximum atomic E-state index is 12.5. The Labute approximate surface area is 167 Å². The predicted molar refractivity (Wildman–Crippen MR) is 109 cm³/mol. The zero-order valence-corrected chi connectivity index (χ0v) is 17.6. The maximum absolute atomic E-state index is 12.5. The summed E-state index contributed by atoms with van der Waals surface area (Å²) in [5.74, 6) is -1.04. The first-order valence-electron chi connectivity index (χ1n) is 9.51. The van der Waals surface area contributed by atoms with Crippen molar-refractivity contribution >= 4 is 45.8 Å².